The van der Waals surface area contributed by atoms with Gasteiger partial charge >= 0.3 is 0 Å². The van der Waals surface area contributed by atoms with Crippen LogP contribution in [-0.2, 0) is 6.54 Å². The van der Waals surface area contributed by atoms with Crippen LogP contribution in [0.5, 0.6) is 0 Å². The summed E-state index contributed by atoms with van der Waals surface area (Å²) < 4.78 is 2.24. The molecule has 2 N–H and O–H groups in total. The number of hydrogen-bond acceptors (Lipinski definition) is 2. The number of hydrogen-bond donors (Lipinski definition) is 2. The van der Waals surface area contributed by atoms with Crippen LogP contribution in [-0.4, -0.2) is 22.4 Å². The summed E-state index contributed by atoms with van der Waals surface area (Å²) in [7, 11) is 0. The first-order valence-corrected chi connectivity index (χ1v) is 8.37. The molecule has 0 amide bonds. The van der Waals surface area contributed by atoms with Crippen LogP contribution in [0.2, 0.25) is 0 Å². The number of hydrazone groups is 1. The van der Waals surface area contributed by atoms with Gasteiger partial charge in [0, 0.05) is 35.8 Å². The Morgan fingerprint density at radius 2 is 1.88 bits per heavy atom. The van der Waals surface area contributed by atoms with Crippen molar-refractivity contribution in [2.24, 2.45) is 5.10 Å². The minimum Gasteiger partial charge on any atom is -0.362 e. The van der Waals surface area contributed by atoms with Gasteiger partial charge in [-0.05, 0) is 30.8 Å². The van der Waals surface area contributed by atoms with Gasteiger partial charge in [-0.25, -0.2) is 0 Å². The molecule has 0 spiro atoms. The smallest absolute Gasteiger partial charge is 0.186 e. The standard InChI is InChI=1S/C19H20N4S/c1-2-20-19(24)22-21-12-16-14-23(13-15-8-4-3-5-9-15)18-11-7-6-10-17(16)18/h3-12,14H,2,13H2,1H3,(H2,20,22,24)/b21-12+. The molecule has 5 heteroatoms. The van der Waals surface area contributed by atoms with Crippen molar-refractivity contribution in [2.75, 3.05) is 6.54 Å². The molecule has 0 aliphatic heterocycles. The molecule has 122 valence electrons. The molecule has 2 aromatic carbocycles. The van der Waals surface area contributed by atoms with Crippen LogP contribution in [0.3, 0.4) is 0 Å². The highest BCUT2D eigenvalue weighted by atomic mass is 32.1. The third kappa shape index (κ3) is 3.81. The molecule has 0 saturated carbocycles. The van der Waals surface area contributed by atoms with Gasteiger partial charge in [0.1, 0.15) is 0 Å². The molecule has 0 bridgehead atoms. The van der Waals surface area contributed by atoms with Gasteiger partial charge in [-0.1, -0.05) is 48.5 Å². The average Bonchev–Trinajstić information content (AvgIpc) is 2.94. The minimum atomic E-state index is 0.529. The van der Waals surface area contributed by atoms with Gasteiger partial charge in [-0.15, -0.1) is 0 Å². The van der Waals surface area contributed by atoms with Crippen LogP contribution < -0.4 is 10.7 Å². The molecule has 1 aromatic heterocycles. The van der Waals surface area contributed by atoms with Gasteiger partial charge in [0.15, 0.2) is 5.11 Å². The lowest BCUT2D eigenvalue weighted by Gasteiger charge is -2.05. The van der Waals surface area contributed by atoms with Gasteiger partial charge in [0.2, 0.25) is 0 Å². The zero-order chi connectivity index (χ0) is 16.8. The number of nitrogens with zero attached hydrogens (tertiary/aromatic N) is 2. The lowest BCUT2D eigenvalue weighted by molar-refractivity contribution is 0.836. The van der Waals surface area contributed by atoms with E-state index in [1.54, 1.807) is 0 Å². The summed E-state index contributed by atoms with van der Waals surface area (Å²) >= 11 is 5.12. The van der Waals surface area contributed by atoms with Gasteiger partial charge in [0.25, 0.3) is 0 Å². The summed E-state index contributed by atoms with van der Waals surface area (Å²) in [6.45, 7) is 3.60. The molecule has 24 heavy (non-hydrogen) atoms. The molecule has 0 aliphatic carbocycles. The number of benzene rings is 2. The largest absolute Gasteiger partial charge is 0.362 e. The number of thiocarbonyl (C=S) groups is 1. The summed E-state index contributed by atoms with van der Waals surface area (Å²) in [4.78, 5) is 0. The van der Waals surface area contributed by atoms with E-state index in [1.165, 1.54) is 16.5 Å². The fourth-order valence-corrected chi connectivity index (χ4v) is 2.85. The average molecular weight is 336 g/mol. The first-order chi connectivity index (χ1) is 11.8. The van der Waals surface area contributed by atoms with Crippen molar-refractivity contribution in [1.82, 2.24) is 15.3 Å². The molecule has 0 aliphatic rings. The van der Waals surface area contributed by atoms with Gasteiger partial charge in [0.05, 0.1) is 6.21 Å². The Hall–Kier alpha value is -2.66. The Balaban J connectivity index is 1.86. The summed E-state index contributed by atoms with van der Waals surface area (Å²) in [6.07, 6.45) is 3.94. The maximum atomic E-state index is 5.12. The summed E-state index contributed by atoms with van der Waals surface area (Å²) in [5, 5.41) is 8.95. The molecule has 0 fully saturated rings. The van der Waals surface area contributed by atoms with Crippen molar-refractivity contribution < 1.29 is 0 Å². The Bertz CT molecular complexity index is 852. The highest BCUT2D eigenvalue weighted by Crippen LogP contribution is 2.21. The second kappa shape index (κ2) is 7.75. The number of aromatic nitrogens is 1. The molecule has 1 heterocycles. The normalized spacial score (nSPS) is 11.0. The van der Waals surface area contributed by atoms with Crippen LogP contribution in [0.4, 0.5) is 0 Å². The summed E-state index contributed by atoms with van der Waals surface area (Å²) in [6, 6.07) is 18.8. The third-order valence-electron chi connectivity index (χ3n) is 3.72. The van der Waals surface area contributed by atoms with Crippen molar-refractivity contribution >= 4 is 34.4 Å². The predicted octanol–water partition coefficient (Wildman–Crippen LogP) is 3.51. The molecular formula is C19H20N4S. The van der Waals surface area contributed by atoms with E-state index in [0.29, 0.717) is 5.11 Å². The zero-order valence-corrected chi connectivity index (χ0v) is 14.4. The van der Waals surface area contributed by atoms with Crippen LogP contribution in [0.25, 0.3) is 10.9 Å². The SMILES string of the molecule is CCNC(=S)N/N=C/c1cn(Cc2ccccc2)c2ccccc12. The highest BCUT2D eigenvalue weighted by Gasteiger charge is 2.07. The number of nitrogens with one attached hydrogen (secondary N) is 2. The molecule has 4 nitrogen and oxygen atoms in total. The molecule has 0 saturated heterocycles. The van der Waals surface area contributed by atoms with Crippen molar-refractivity contribution in [3.63, 3.8) is 0 Å². The zero-order valence-electron chi connectivity index (χ0n) is 13.6. The van der Waals surface area contributed by atoms with Gasteiger partial charge in [-0.3, -0.25) is 5.43 Å². The highest BCUT2D eigenvalue weighted by molar-refractivity contribution is 7.80. The van der Waals surface area contributed by atoms with E-state index in [2.05, 4.69) is 69.1 Å². The van der Waals surface area contributed by atoms with Gasteiger partial charge < -0.3 is 9.88 Å². The second-order valence-corrected chi connectivity index (χ2v) is 5.85. The molecule has 0 atom stereocenters. The van der Waals surface area contributed by atoms with Crippen molar-refractivity contribution in [2.45, 2.75) is 13.5 Å². The van der Waals surface area contributed by atoms with E-state index >= 15 is 0 Å². The van der Waals surface area contributed by atoms with Crippen molar-refractivity contribution in [3.8, 4) is 0 Å². The molecule has 3 rings (SSSR count). The maximum Gasteiger partial charge on any atom is 0.186 e. The second-order valence-electron chi connectivity index (χ2n) is 5.44. The Labute approximate surface area is 147 Å². The Morgan fingerprint density at radius 3 is 2.67 bits per heavy atom. The molecule has 3 aromatic rings. The van der Waals surface area contributed by atoms with Crippen molar-refractivity contribution in [3.05, 3.63) is 71.9 Å². The van der Waals surface area contributed by atoms with E-state index in [-0.39, 0.29) is 0 Å². The van der Waals surface area contributed by atoms with E-state index < -0.39 is 0 Å². The molecule has 0 unspecified atom stereocenters. The van der Waals surface area contributed by atoms with E-state index in [4.69, 9.17) is 12.2 Å². The van der Waals surface area contributed by atoms with Crippen molar-refractivity contribution in [1.29, 1.82) is 0 Å². The number of fused-ring (bicyclic) bond motifs is 1. The van der Waals surface area contributed by atoms with Crippen LogP contribution in [0, 0.1) is 0 Å². The fraction of sp³-hybridized carbons (Fsp3) is 0.158. The first-order valence-electron chi connectivity index (χ1n) is 7.96. The first kappa shape index (κ1) is 16.2. The van der Waals surface area contributed by atoms with Crippen LogP contribution >= 0.6 is 12.2 Å². The quantitative estimate of drug-likeness (QED) is 0.426. The number of para-hydroxylation sites is 1. The third-order valence-corrected chi connectivity index (χ3v) is 3.96. The lowest BCUT2D eigenvalue weighted by atomic mass is 10.2. The van der Waals surface area contributed by atoms with Gasteiger partial charge in [-0.2, -0.15) is 5.10 Å². The molecular weight excluding hydrogens is 316 g/mol. The Kier molecular flexibility index (Phi) is 5.23. The van der Waals surface area contributed by atoms with E-state index in [1.807, 2.05) is 25.3 Å². The Morgan fingerprint density at radius 1 is 1.12 bits per heavy atom. The molecule has 0 radical (unpaired) electrons. The summed E-state index contributed by atoms with van der Waals surface area (Å²) in [5.74, 6) is 0. The van der Waals surface area contributed by atoms with E-state index in [0.717, 1.165) is 18.7 Å². The maximum absolute atomic E-state index is 5.12. The predicted molar refractivity (Wildman–Crippen MR) is 104 cm³/mol. The topological polar surface area (TPSA) is 41.4 Å². The van der Waals surface area contributed by atoms with Crippen LogP contribution in [0.1, 0.15) is 18.1 Å². The van der Waals surface area contributed by atoms with E-state index in [9.17, 15) is 0 Å². The lowest BCUT2D eigenvalue weighted by Crippen LogP contribution is -2.31. The minimum absolute atomic E-state index is 0.529. The summed E-state index contributed by atoms with van der Waals surface area (Å²) in [5.41, 5.74) is 6.36. The fourth-order valence-electron chi connectivity index (χ4n) is 2.65. The van der Waals surface area contributed by atoms with Crippen LogP contribution in [0.15, 0.2) is 65.9 Å². The number of rotatable bonds is 5. The monoisotopic (exact) mass is 336 g/mol.